The third kappa shape index (κ3) is 1.95. The Kier molecular flexibility index (Phi) is 2.53. The largest absolute Gasteiger partial charge is 0.308 e. The van der Waals surface area contributed by atoms with Crippen LogP contribution in [0.2, 0.25) is 0 Å². The van der Waals surface area contributed by atoms with Crippen molar-refractivity contribution < 1.29 is 0 Å². The average Bonchev–Trinajstić information content (AvgIpc) is 2.17. The molecule has 5 nitrogen and oxygen atoms in total. The van der Waals surface area contributed by atoms with Gasteiger partial charge in [-0.2, -0.15) is 0 Å². The number of rotatable bonds is 1. The van der Waals surface area contributed by atoms with Gasteiger partial charge in [0.1, 0.15) is 0 Å². The molecule has 0 bridgehead atoms. The van der Waals surface area contributed by atoms with Crippen molar-refractivity contribution in [1.82, 2.24) is 14.7 Å². The minimum Gasteiger partial charge on any atom is -0.308 e. The lowest BCUT2D eigenvalue weighted by Gasteiger charge is -2.18. The number of fused-ring (bicyclic) bond motifs is 1. The van der Waals surface area contributed by atoms with Gasteiger partial charge in [-0.05, 0) is 13.8 Å². The van der Waals surface area contributed by atoms with Crippen molar-refractivity contribution in [2.75, 3.05) is 5.32 Å². The summed E-state index contributed by atoms with van der Waals surface area (Å²) < 4.78 is 3.06. The van der Waals surface area contributed by atoms with Gasteiger partial charge >= 0.3 is 0 Å². The van der Waals surface area contributed by atoms with Crippen LogP contribution in [0, 0.1) is 0 Å². The van der Waals surface area contributed by atoms with E-state index in [4.69, 9.17) is 0 Å². The molecule has 0 unspecified atom stereocenters. The van der Waals surface area contributed by atoms with Crippen molar-refractivity contribution >= 4 is 23.7 Å². The zero-order valence-corrected chi connectivity index (χ0v) is 8.80. The molecule has 2 N–H and O–H groups in total. The highest BCUT2D eigenvalue weighted by Gasteiger charge is 2.15. The van der Waals surface area contributed by atoms with Gasteiger partial charge in [-0.15, -0.1) is 0 Å². The predicted molar refractivity (Wildman–Crippen MR) is 57.2 cm³/mol. The molecule has 0 saturated heterocycles. The molecule has 0 aliphatic carbocycles. The van der Waals surface area contributed by atoms with Gasteiger partial charge in [-0.3, -0.25) is 4.72 Å². The van der Waals surface area contributed by atoms with E-state index < -0.39 is 0 Å². The first kappa shape index (κ1) is 9.26. The van der Waals surface area contributed by atoms with E-state index in [1.807, 2.05) is 13.8 Å². The van der Waals surface area contributed by atoms with Crippen LogP contribution < -0.4 is 10.0 Å². The molecule has 0 atom stereocenters. The van der Waals surface area contributed by atoms with Gasteiger partial charge in [0, 0.05) is 30.4 Å². The molecular weight excluding hydrogens is 198 g/mol. The molecule has 6 heteroatoms. The summed E-state index contributed by atoms with van der Waals surface area (Å²) in [6.07, 6.45) is 3.32. The maximum absolute atomic E-state index is 4.34. The lowest BCUT2D eigenvalue weighted by molar-refractivity contribution is 0.829. The first-order chi connectivity index (χ1) is 6.75. The molecule has 1 aliphatic rings. The van der Waals surface area contributed by atoms with Crippen LogP contribution in [0.15, 0.2) is 22.4 Å². The molecule has 0 saturated carbocycles. The second kappa shape index (κ2) is 3.83. The SMILES string of the molecule is CC(C)N=C1NSc2nccnc2N1. The fourth-order valence-electron chi connectivity index (χ4n) is 1.04. The predicted octanol–water partition coefficient (Wildman–Crippen LogP) is 1.26. The Bertz CT molecular complexity index is 363. The van der Waals surface area contributed by atoms with E-state index in [2.05, 4.69) is 25.0 Å². The van der Waals surface area contributed by atoms with Crippen molar-refractivity contribution in [3.8, 4) is 0 Å². The monoisotopic (exact) mass is 209 g/mol. The van der Waals surface area contributed by atoms with Crippen molar-refractivity contribution in [2.24, 2.45) is 4.99 Å². The van der Waals surface area contributed by atoms with E-state index in [1.54, 1.807) is 12.4 Å². The van der Waals surface area contributed by atoms with E-state index in [0.29, 0.717) is 0 Å². The van der Waals surface area contributed by atoms with Gasteiger partial charge in [-0.1, -0.05) is 0 Å². The Morgan fingerprint density at radius 3 is 2.93 bits per heavy atom. The highest BCUT2D eigenvalue weighted by molar-refractivity contribution is 7.98. The summed E-state index contributed by atoms with van der Waals surface area (Å²) in [7, 11) is 0. The van der Waals surface area contributed by atoms with Crippen molar-refractivity contribution in [1.29, 1.82) is 0 Å². The summed E-state index contributed by atoms with van der Waals surface area (Å²) in [5, 5.41) is 3.92. The fraction of sp³-hybridized carbons (Fsp3) is 0.375. The fourth-order valence-corrected chi connectivity index (χ4v) is 1.65. The first-order valence-electron chi connectivity index (χ1n) is 4.34. The van der Waals surface area contributed by atoms with Crippen molar-refractivity contribution in [3.05, 3.63) is 12.4 Å². The summed E-state index contributed by atoms with van der Waals surface area (Å²) in [6, 6.07) is 0.254. The van der Waals surface area contributed by atoms with Gasteiger partial charge in [0.2, 0.25) is 5.96 Å². The van der Waals surface area contributed by atoms with Crippen LogP contribution in [-0.4, -0.2) is 22.0 Å². The van der Waals surface area contributed by atoms with Gasteiger partial charge in [-0.25, -0.2) is 15.0 Å². The molecule has 74 valence electrons. The molecule has 0 spiro atoms. The van der Waals surface area contributed by atoms with E-state index in [-0.39, 0.29) is 6.04 Å². The molecule has 2 heterocycles. The Morgan fingerprint density at radius 2 is 2.14 bits per heavy atom. The van der Waals surface area contributed by atoms with Crippen LogP contribution in [0.4, 0.5) is 5.82 Å². The summed E-state index contributed by atoms with van der Waals surface area (Å²) in [4.78, 5) is 12.7. The highest BCUT2D eigenvalue weighted by Crippen LogP contribution is 2.23. The Hall–Kier alpha value is -1.30. The molecule has 0 radical (unpaired) electrons. The zero-order chi connectivity index (χ0) is 9.97. The van der Waals surface area contributed by atoms with E-state index >= 15 is 0 Å². The van der Waals surface area contributed by atoms with Gasteiger partial charge in [0.05, 0.1) is 0 Å². The first-order valence-corrected chi connectivity index (χ1v) is 5.16. The number of nitrogens with one attached hydrogen (secondary N) is 2. The van der Waals surface area contributed by atoms with Crippen LogP contribution in [0.25, 0.3) is 0 Å². The number of guanidine groups is 1. The van der Waals surface area contributed by atoms with Crippen molar-refractivity contribution in [2.45, 2.75) is 24.9 Å². The number of anilines is 1. The summed E-state index contributed by atoms with van der Waals surface area (Å²) in [6.45, 7) is 4.04. The third-order valence-corrected chi connectivity index (χ3v) is 2.32. The van der Waals surface area contributed by atoms with Gasteiger partial charge in [0.15, 0.2) is 10.8 Å². The average molecular weight is 209 g/mol. The van der Waals surface area contributed by atoms with E-state index in [1.165, 1.54) is 11.9 Å². The molecule has 0 fully saturated rings. The number of aliphatic imine (C=N–C) groups is 1. The Labute approximate surface area is 86.6 Å². The molecule has 14 heavy (non-hydrogen) atoms. The maximum atomic E-state index is 4.34. The lowest BCUT2D eigenvalue weighted by atomic mass is 10.4. The quantitative estimate of drug-likeness (QED) is 0.682. The molecule has 1 aromatic heterocycles. The Morgan fingerprint density at radius 1 is 1.36 bits per heavy atom. The highest BCUT2D eigenvalue weighted by atomic mass is 32.2. The van der Waals surface area contributed by atoms with Crippen LogP contribution >= 0.6 is 11.9 Å². The van der Waals surface area contributed by atoms with Crippen LogP contribution in [-0.2, 0) is 0 Å². The van der Waals surface area contributed by atoms with Crippen LogP contribution in [0.3, 0.4) is 0 Å². The Balaban J connectivity index is 2.21. The lowest BCUT2D eigenvalue weighted by Crippen LogP contribution is -2.31. The maximum Gasteiger partial charge on any atom is 0.207 e. The smallest absolute Gasteiger partial charge is 0.207 e. The zero-order valence-electron chi connectivity index (χ0n) is 7.98. The van der Waals surface area contributed by atoms with E-state index in [0.717, 1.165) is 16.8 Å². The number of hydrogen-bond donors (Lipinski definition) is 2. The molecule has 0 aromatic carbocycles. The van der Waals surface area contributed by atoms with Crippen LogP contribution in [0.5, 0.6) is 0 Å². The summed E-state index contributed by atoms with van der Waals surface area (Å²) in [5.74, 6) is 1.49. The van der Waals surface area contributed by atoms with E-state index in [9.17, 15) is 0 Å². The van der Waals surface area contributed by atoms with Crippen LogP contribution in [0.1, 0.15) is 13.8 Å². The van der Waals surface area contributed by atoms with Gasteiger partial charge < -0.3 is 5.32 Å². The second-order valence-electron chi connectivity index (χ2n) is 3.11. The number of hydrogen-bond acceptors (Lipinski definition) is 4. The summed E-state index contributed by atoms with van der Waals surface area (Å²) >= 11 is 1.42. The molecule has 1 aliphatic heterocycles. The molecule has 1 aromatic rings. The standard InChI is InChI=1S/C8H11N5S/c1-5(2)11-8-12-6-7(14-13-8)10-4-3-9-6/h3-5H,1-2H3,(H2,9,11,12,13). The molecule has 2 rings (SSSR count). The summed E-state index contributed by atoms with van der Waals surface area (Å²) in [5.41, 5.74) is 0. The number of nitrogens with zero attached hydrogens (tertiary/aromatic N) is 3. The van der Waals surface area contributed by atoms with Crippen molar-refractivity contribution in [3.63, 3.8) is 0 Å². The topological polar surface area (TPSA) is 62.2 Å². The second-order valence-corrected chi connectivity index (χ2v) is 3.91. The van der Waals surface area contributed by atoms with Gasteiger partial charge in [0.25, 0.3) is 0 Å². The minimum absolute atomic E-state index is 0.254. The molecular formula is C8H11N5S. The third-order valence-electron chi connectivity index (χ3n) is 1.53. The minimum atomic E-state index is 0.254. The number of aromatic nitrogens is 2. The molecule has 0 amide bonds. The normalized spacial score (nSPS) is 17.5.